The molecule has 0 aliphatic carbocycles. The number of hydrogen-bond donors (Lipinski definition) is 1. The van der Waals surface area contributed by atoms with Gasteiger partial charge in [0.1, 0.15) is 0 Å². The van der Waals surface area contributed by atoms with Crippen molar-refractivity contribution in [1.29, 1.82) is 0 Å². The zero-order valence-electron chi connectivity index (χ0n) is 12.2. The molecular formula is C16H18N4S. The summed E-state index contributed by atoms with van der Waals surface area (Å²) in [4.78, 5) is 5.77. The molecule has 0 saturated carbocycles. The van der Waals surface area contributed by atoms with Crippen LogP contribution in [0.3, 0.4) is 0 Å². The molecule has 2 aromatic heterocycles. The highest BCUT2D eigenvalue weighted by atomic mass is 32.1. The molecule has 0 spiro atoms. The van der Waals surface area contributed by atoms with E-state index in [2.05, 4.69) is 58.0 Å². The largest absolute Gasteiger partial charge is 0.306 e. The first-order valence-corrected chi connectivity index (χ1v) is 8.00. The van der Waals surface area contributed by atoms with Crippen molar-refractivity contribution < 1.29 is 0 Å². The van der Waals surface area contributed by atoms with Crippen LogP contribution in [0.2, 0.25) is 0 Å². The van der Waals surface area contributed by atoms with Crippen LogP contribution in [0, 0.1) is 0 Å². The quantitative estimate of drug-likeness (QED) is 0.785. The topological polar surface area (TPSA) is 50.7 Å². The number of hydrogen-bond acceptors (Lipinski definition) is 5. The Morgan fingerprint density at radius 1 is 1.19 bits per heavy atom. The van der Waals surface area contributed by atoms with Crippen LogP contribution in [0.25, 0.3) is 10.9 Å². The molecule has 0 aliphatic heterocycles. The van der Waals surface area contributed by atoms with Crippen LogP contribution >= 0.6 is 11.5 Å². The second-order valence-corrected chi connectivity index (χ2v) is 5.64. The molecule has 4 nitrogen and oxygen atoms in total. The van der Waals surface area contributed by atoms with Crippen LogP contribution in [-0.2, 0) is 6.42 Å². The Bertz CT molecular complexity index is 732. The van der Waals surface area contributed by atoms with E-state index in [4.69, 9.17) is 0 Å². The van der Waals surface area contributed by atoms with Gasteiger partial charge in [0.15, 0.2) is 0 Å². The van der Waals surface area contributed by atoms with E-state index in [-0.39, 0.29) is 6.04 Å². The minimum atomic E-state index is 0.101. The molecule has 108 valence electrons. The highest BCUT2D eigenvalue weighted by Crippen LogP contribution is 2.31. The minimum absolute atomic E-state index is 0.101. The summed E-state index contributed by atoms with van der Waals surface area (Å²) in [6.45, 7) is 5.12. The molecule has 1 atom stereocenters. The molecule has 0 radical (unpaired) electrons. The van der Waals surface area contributed by atoms with Crippen molar-refractivity contribution in [1.82, 2.24) is 19.9 Å². The van der Waals surface area contributed by atoms with E-state index < -0.39 is 0 Å². The van der Waals surface area contributed by atoms with Gasteiger partial charge in [-0.3, -0.25) is 4.98 Å². The Kier molecular flexibility index (Phi) is 4.22. The van der Waals surface area contributed by atoms with Crippen LogP contribution in [0.15, 0.2) is 36.5 Å². The first-order chi connectivity index (χ1) is 10.3. The SMILES string of the molecule is CCNC(c1snnc1CC)c1cccc2cccnc12. The number of aryl methyl sites for hydroxylation is 1. The van der Waals surface area contributed by atoms with E-state index in [0.717, 1.165) is 29.6 Å². The molecule has 5 heteroatoms. The Morgan fingerprint density at radius 3 is 2.86 bits per heavy atom. The van der Waals surface area contributed by atoms with E-state index in [1.54, 1.807) is 0 Å². The lowest BCUT2D eigenvalue weighted by Crippen LogP contribution is -2.22. The van der Waals surface area contributed by atoms with E-state index in [1.807, 2.05) is 12.3 Å². The lowest BCUT2D eigenvalue weighted by molar-refractivity contribution is 0.635. The Hall–Kier alpha value is -1.85. The van der Waals surface area contributed by atoms with Crippen LogP contribution < -0.4 is 5.32 Å². The first kappa shape index (κ1) is 14.1. The molecule has 0 fully saturated rings. The number of fused-ring (bicyclic) bond motifs is 1. The number of rotatable bonds is 5. The minimum Gasteiger partial charge on any atom is -0.306 e. The van der Waals surface area contributed by atoms with Crippen molar-refractivity contribution in [3.8, 4) is 0 Å². The molecule has 0 saturated heterocycles. The van der Waals surface area contributed by atoms with Crippen LogP contribution in [0.4, 0.5) is 0 Å². The van der Waals surface area contributed by atoms with Gasteiger partial charge >= 0.3 is 0 Å². The number of aromatic nitrogens is 3. The molecule has 0 bridgehead atoms. The van der Waals surface area contributed by atoms with Gasteiger partial charge in [0.05, 0.1) is 22.1 Å². The second kappa shape index (κ2) is 6.28. The van der Waals surface area contributed by atoms with Gasteiger partial charge in [0, 0.05) is 17.1 Å². The van der Waals surface area contributed by atoms with Crippen molar-refractivity contribution in [2.24, 2.45) is 0 Å². The van der Waals surface area contributed by atoms with Gasteiger partial charge in [-0.15, -0.1) is 5.10 Å². The standard InChI is InChI=1S/C16H18N4S/c1-3-13-16(21-20-19-13)15(17-4-2)12-9-5-7-11-8-6-10-18-14(11)12/h5-10,15,17H,3-4H2,1-2H3. The van der Waals surface area contributed by atoms with Crippen LogP contribution in [0.5, 0.6) is 0 Å². The van der Waals surface area contributed by atoms with Gasteiger partial charge < -0.3 is 5.32 Å². The fraction of sp³-hybridized carbons (Fsp3) is 0.312. The van der Waals surface area contributed by atoms with Crippen LogP contribution in [-0.4, -0.2) is 21.1 Å². The smallest absolute Gasteiger partial charge is 0.0804 e. The number of para-hydroxylation sites is 1. The normalized spacial score (nSPS) is 12.7. The summed E-state index contributed by atoms with van der Waals surface area (Å²) in [5.41, 5.74) is 3.30. The molecule has 2 heterocycles. The summed E-state index contributed by atoms with van der Waals surface area (Å²) >= 11 is 1.47. The molecule has 1 N–H and O–H groups in total. The first-order valence-electron chi connectivity index (χ1n) is 7.23. The predicted molar refractivity (Wildman–Crippen MR) is 86.5 cm³/mol. The van der Waals surface area contributed by atoms with Crippen molar-refractivity contribution in [2.45, 2.75) is 26.3 Å². The predicted octanol–water partition coefficient (Wildman–Crippen LogP) is 3.35. The summed E-state index contributed by atoms with van der Waals surface area (Å²) < 4.78 is 4.13. The third-order valence-electron chi connectivity index (χ3n) is 3.57. The van der Waals surface area contributed by atoms with Gasteiger partial charge in [-0.2, -0.15) is 0 Å². The Labute approximate surface area is 128 Å². The van der Waals surface area contributed by atoms with Gasteiger partial charge in [-0.1, -0.05) is 42.6 Å². The summed E-state index contributed by atoms with van der Waals surface area (Å²) in [7, 11) is 0. The maximum atomic E-state index is 4.57. The van der Waals surface area contributed by atoms with E-state index in [1.165, 1.54) is 22.0 Å². The highest BCUT2D eigenvalue weighted by Gasteiger charge is 2.21. The number of nitrogens with zero attached hydrogens (tertiary/aromatic N) is 3. The molecule has 3 aromatic rings. The average Bonchev–Trinajstić information content (AvgIpc) is 3.00. The van der Waals surface area contributed by atoms with E-state index >= 15 is 0 Å². The second-order valence-electron chi connectivity index (χ2n) is 4.85. The summed E-state index contributed by atoms with van der Waals surface area (Å²) in [6, 6.07) is 10.5. The van der Waals surface area contributed by atoms with Crippen molar-refractivity contribution >= 4 is 22.4 Å². The molecule has 1 aromatic carbocycles. The maximum Gasteiger partial charge on any atom is 0.0804 e. The summed E-state index contributed by atoms with van der Waals surface area (Å²) in [6.07, 6.45) is 2.74. The van der Waals surface area contributed by atoms with Gasteiger partial charge in [-0.25, -0.2) is 0 Å². The van der Waals surface area contributed by atoms with Crippen molar-refractivity contribution in [3.05, 3.63) is 52.7 Å². The third kappa shape index (κ3) is 2.66. The molecule has 0 amide bonds. The molecule has 1 unspecified atom stereocenters. The lowest BCUT2D eigenvalue weighted by atomic mass is 10.00. The zero-order chi connectivity index (χ0) is 14.7. The van der Waals surface area contributed by atoms with Gasteiger partial charge in [0.2, 0.25) is 0 Å². The molecule has 0 aliphatic rings. The van der Waals surface area contributed by atoms with Gasteiger partial charge in [-0.05, 0) is 30.6 Å². The summed E-state index contributed by atoms with van der Waals surface area (Å²) in [5.74, 6) is 0. The number of benzene rings is 1. The van der Waals surface area contributed by atoms with E-state index in [9.17, 15) is 0 Å². The maximum absolute atomic E-state index is 4.57. The molecule has 21 heavy (non-hydrogen) atoms. The third-order valence-corrected chi connectivity index (χ3v) is 4.40. The number of nitrogens with one attached hydrogen (secondary N) is 1. The van der Waals surface area contributed by atoms with E-state index in [0.29, 0.717) is 0 Å². The number of pyridine rings is 1. The summed E-state index contributed by atoms with van der Waals surface area (Å²) in [5, 5.41) is 8.97. The highest BCUT2D eigenvalue weighted by molar-refractivity contribution is 7.05. The lowest BCUT2D eigenvalue weighted by Gasteiger charge is -2.18. The van der Waals surface area contributed by atoms with Gasteiger partial charge in [0.25, 0.3) is 0 Å². The Morgan fingerprint density at radius 2 is 2.05 bits per heavy atom. The molecule has 3 rings (SSSR count). The fourth-order valence-electron chi connectivity index (χ4n) is 2.59. The Balaban J connectivity index is 2.16. The fourth-order valence-corrected chi connectivity index (χ4v) is 3.42. The molecular weight excluding hydrogens is 280 g/mol. The zero-order valence-corrected chi connectivity index (χ0v) is 13.0. The van der Waals surface area contributed by atoms with Crippen LogP contribution in [0.1, 0.15) is 36.0 Å². The van der Waals surface area contributed by atoms with Crippen molar-refractivity contribution in [3.63, 3.8) is 0 Å². The monoisotopic (exact) mass is 298 g/mol. The van der Waals surface area contributed by atoms with Crippen molar-refractivity contribution in [2.75, 3.05) is 6.54 Å². The average molecular weight is 298 g/mol.